The van der Waals surface area contributed by atoms with Crippen molar-refractivity contribution in [1.82, 2.24) is 19.9 Å². The Kier molecular flexibility index (Phi) is 5.25. The fourth-order valence-corrected chi connectivity index (χ4v) is 6.95. The zero-order valence-corrected chi connectivity index (χ0v) is 24.6. The second kappa shape index (κ2) is 9.62. The summed E-state index contributed by atoms with van der Waals surface area (Å²) in [6, 6.07) is 47.4. The maximum Gasteiger partial charge on any atom is 0.0972 e. The van der Waals surface area contributed by atoms with Crippen LogP contribution in [0.5, 0.6) is 0 Å². The van der Waals surface area contributed by atoms with Crippen LogP contribution in [0, 0.1) is 0 Å². The average Bonchev–Trinajstić information content (AvgIpc) is 3.13. The van der Waals surface area contributed by atoms with Gasteiger partial charge in [0.15, 0.2) is 0 Å². The minimum absolute atomic E-state index is 0.929. The highest BCUT2D eigenvalue weighted by Gasteiger charge is 2.12. The quantitative estimate of drug-likeness (QED) is 0.190. The molecule has 4 nitrogen and oxygen atoms in total. The minimum Gasteiger partial charge on any atom is -0.254 e. The molecule has 0 unspecified atom stereocenters. The van der Waals surface area contributed by atoms with E-state index in [0.717, 1.165) is 66.1 Å². The molecule has 0 saturated heterocycles. The molecule has 0 N–H and O–H groups in total. The Morgan fingerprint density at radius 2 is 0.696 bits per heavy atom. The lowest BCUT2D eigenvalue weighted by Crippen LogP contribution is -1.90. The second-order valence-corrected chi connectivity index (χ2v) is 11.9. The normalized spacial score (nSPS) is 11.9. The molecule has 4 heterocycles. The molecule has 0 aliphatic heterocycles. The van der Waals surface area contributed by atoms with Crippen LogP contribution in [-0.4, -0.2) is 19.9 Å². The lowest BCUT2D eigenvalue weighted by molar-refractivity contribution is 1.37. The van der Waals surface area contributed by atoms with Gasteiger partial charge in [0.1, 0.15) is 0 Å². The number of hydrogen-bond acceptors (Lipinski definition) is 4. The van der Waals surface area contributed by atoms with Crippen molar-refractivity contribution >= 4 is 75.9 Å². The molecule has 46 heavy (non-hydrogen) atoms. The molecular formula is C42H24N4. The smallest absolute Gasteiger partial charge is 0.0972 e. The first-order chi connectivity index (χ1) is 22.8. The van der Waals surface area contributed by atoms with E-state index in [1.165, 1.54) is 32.3 Å². The highest BCUT2D eigenvalue weighted by Crippen LogP contribution is 2.36. The second-order valence-electron chi connectivity index (χ2n) is 11.9. The largest absolute Gasteiger partial charge is 0.254 e. The van der Waals surface area contributed by atoms with Crippen molar-refractivity contribution in [2.24, 2.45) is 0 Å². The van der Waals surface area contributed by atoms with Crippen LogP contribution in [0.1, 0.15) is 0 Å². The SMILES string of the molecule is c1cnc2c(c1)ccc1ccc(-c3ccc4ccc5c6cc(-c7ccc8ccc9cccnc9c8n7)ccc6ccc5c4c3)nc12. The number of nitrogens with zero attached hydrogens (tertiary/aromatic N) is 4. The summed E-state index contributed by atoms with van der Waals surface area (Å²) in [6.45, 7) is 0. The Morgan fingerprint density at radius 3 is 1.17 bits per heavy atom. The minimum atomic E-state index is 0.929. The van der Waals surface area contributed by atoms with Gasteiger partial charge in [0.2, 0.25) is 0 Å². The molecule has 10 rings (SSSR count). The topological polar surface area (TPSA) is 51.6 Å². The number of pyridine rings is 4. The number of fused-ring (bicyclic) bond motifs is 11. The van der Waals surface area contributed by atoms with Crippen LogP contribution >= 0.6 is 0 Å². The number of benzene rings is 6. The molecule has 0 spiro atoms. The molecule has 0 bridgehead atoms. The summed E-state index contributed by atoms with van der Waals surface area (Å²) < 4.78 is 0. The van der Waals surface area contributed by atoms with Gasteiger partial charge in [-0.2, -0.15) is 0 Å². The Morgan fingerprint density at radius 1 is 0.304 bits per heavy atom. The molecule has 4 heteroatoms. The Balaban J connectivity index is 1.14. The maximum absolute atomic E-state index is 5.12. The summed E-state index contributed by atoms with van der Waals surface area (Å²) in [5, 5.41) is 11.6. The third-order valence-electron chi connectivity index (χ3n) is 9.29. The Bertz CT molecular complexity index is 2680. The van der Waals surface area contributed by atoms with E-state index in [4.69, 9.17) is 9.97 Å². The van der Waals surface area contributed by atoms with Crippen LogP contribution in [0.2, 0.25) is 0 Å². The van der Waals surface area contributed by atoms with E-state index in [2.05, 4.69) is 131 Å². The molecule has 4 aromatic heterocycles. The van der Waals surface area contributed by atoms with E-state index in [9.17, 15) is 0 Å². The van der Waals surface area contributed by atoms with Crippen LogP contribution < -0.4 is 0 Å². The van der Waals surface area contributed by atoms with Crippen molar-refractivity contribution in [1.29, 1.82) is 0 Å². The summed E-state index contributed by atoms with van der Waals surface area (Å²) in [5.74, 6) is 0. The van der Waals surface area contributed by atoms with Crippen molar-refractivity contribution in [2.75, 3.05) is 0 Å². The molecule has 0 aliphatic carbocycles. The zero-order chi connectivity index (χ0) is 30.2. The molecule has 212 valence electrons. The highest BCUT2D eigenvalue weighted by molar-refractivity contribution is 6.18. The number of hydrogen-bond donors (Lipinski definition) is 0. The van der Waals surface area contributed by atoms with Gasteiger partial charge in [-0.25, -0.2) is 9.97 Å². The highest BCUT2D eigenvalue weighted by atomic mass is 14.8. The van der Waals surface area contributed by atoms with Gasteiger partial charge < -0.3 is 0 Å². The van der Waals surface area contributed by atoms with Gasteiger partial charge in [0, 0.05) is 45.1 Å². The predicted molar refractivity (Wildman–Crippen MR) is 191 cm³/mol. The summed E-state index contributed by atoms with van der Waals surface area (Å²) in [7, 11) is 0. The fraction of sp³-hybridized carbons (Fsp3) is 0. The summed E-state index contributed by atoms with van der Waals surface area (Å²) >= 11 is 0. The molecule has 0 aliphatic rings. The first kappa shape index (κ1) is 25.1. The molecule has 6 aromatic carbocycles. The van der Waals surface area contributed by atoms with E-state index < -0.39 is 0 Å². The predicted octanol–water partition coefficient (Wildman–Crippen LogP) is 10.7. The van der Waals surface area contributed by atoms with E-state index >= 15 is 0 Å². The first-order valence-electron chi connectivity index (χ1n) is 15.5. The summed E-state index contributed by atoms with van der Waals surface area (Å²) in [4.78, 5) is 19.5. The molecule has 0 radical (unpaired) electrons. The van der Waals surface area contributed by atoms with Gasteiger partial charge in [-0.1, -0.05) is 97.1 Å². The summed E-state index contributed by atoms with van der Waals surface area (Å²) in [5.41, 5.74) is 7.78. The molecule has 0 amide bonds. The van der Waals surface area contributed by atoms with Crippen LogP contribution in [0.4, 0.5) is 0 Å². The van der Waals surface area contributed by atoms with E-state index in [1.807, 2.05) is 24.5 Å². The molecule has 0 fully saturated rings. The monoisotopic (exact) mass is 584 g/mol. The maximum atomic E-state index is 5.12. The molecule has 10 aromatic rings. The Hall–Kier alpha value is -6.26. The summed E-state index contributed by atoms with van der Waals surface area (Å²) in [6.07, 6.45) is 3.67. The van der Waals surface area contributed by atoms with Crippen molar-refractivity contribution in [3.8, 4) is 22.5 Å². The van der Waals surface area contributed by atoms with Crippen LogP contribution in [0.3, 0.4) is 0 Å². The van der Waals surface area contributed by atoms with E-state index in [0.29, 0.717) is 0 Å². The van der Waals surface area contributed by atoms with Crippen LogP contribution in [0.25, 0.3) is 98.4 Å². The van der Waals surface area contributed by atoms with Crippen LogP contribution in [-0.2, 0) is 0 Å². The lowest BCUT2D eigenvalue weighted by Gasteiger charge is -2.12. The van der Waals surface area contributed by atoms with Crippen molar-refractivity contribution < 1.29 is 0 Å². The Labute approximate surface area is 263 Å². The molecule has 0 saturated carbocycles. The van der Waals surface area contributed by atoms with Gasteiger partial charge >= 0.3 is 0 Å². The van der Waals surface area contributed by atoms with Crippen molar-refractivity contribution in [2.45, 2.75) is 0 Å². The fourth-order valence-electron chi connectivity index (χ4n) is 6.95. The molecular weight excluding hydrogens is 560 g/mol. The van der Waals surface area contributed by atoms with E-state index in [-0.39, 0.29) is 0 Å². The van der Waals surface area contributed by atoms with Gasteiger partial charge in [-0.3, -0.25) is 9.97 Å². The first-order valence-corrected chi connectivity index (χ1v) is 15.5. The van der Waals surface area contributed by atoms with Gasteiger partial charge in [0.05, 0.1) is 33.5 Å². The number of rotatable bonds is 2. The zero-order valence-electron chi connectivity index (χ0n) is 24.6. The third-order valence-corrected chi connectivity index (χ3v) is 9.29. The third kappa shape index (κ3) is 3.80. The van der Waals surface area contributed by atoms with E-state index in [1.54, 1.807) is 0 Å². The average molecular weight is 585 g/mol. The van der Waals surface area contributed by atoms with Gasteiger partial charge in [-0.15, -0.1) is 0 Å². The lowest BCUT2D eigenvalue weighted by atomic mass is 9.94. The standard InChI is InChI=1S/C42H24N4/c1-3-27-7-9-29-15-19-37(45-41(29)39(27)43-21-1)31-11-5-25-13-18-34-33(35(25)23-31)17-14-26-6-12-32(24-36(26)34)38-20-16-30-10-8-28-4-2-22-44-40(28)42(30)46-38/h1-24H. The van der Waals surface area contributed by atoms with Gasteiger partial charge in [-0.05, 0) is 68.7 Å². The van der Waals surface area contributed by atoms with Crippen molar-refractivity contribution in [3.05, 3.63) is 146 Å². The van der Waals surface area contributed by atoms with Gasteiger partial charge in [0.25, 0.3) is 0 Å². The number of aromatic nitrogens is 4. The molecule has 0 atom stereocenters. The van der Waals surface area contributed by atoms with Crippen LogP contribution in [0.15, 0.2) is 146 Å². The van der Waals surface area contributed by atoms with Crippen molar-refractivity contribution in [3.63, 3.8) is 0 Å².